The molecule has 0 spiro atoms. The van der Waals surface area contributed by atoms with Crippen LogP contribution in [0.1, 0.15) is 45.4 Å². The first-order valence-electron chi connectivity index (χ1n) is 6.72. The number of carbonyl (C=O) groups is 2. The van der Waals surface area contributed by atoms with Gasteiger partial charge in [0.15, 0.2) is 0 Å². The zero-order chi connectivity index (χ0) is 15.0. The number of amides is 1. The fourth-order valence-corrected chi connectivity index (χ4v) is 2.81. The largest absolute Gasteiger partial charge is 0.477 e. The zero-order valence-corrected chi connectivity index (χ0v) is 11.9. The summed E-state index contributed by atoms with van der Waals surface area (Å²) in [7, 11) is 0. The number of rotatable bonds is 3. The Hall–Kier alpha value is -1.82. The summed E-state index contributed by atoms with van der Waals surface area (Å²) in [6.07, 6.45) is 0.341. The molecule has 110 valence electrons. The number of carboxylic acid groups (broad SMARTS) is 1. The minimum atomic E-state index is -1.06. The maximum Gasteiger partial charge on any atom is 0.352 e. The number of likely N-dealkylation sites (tertiary alicyclic amines) is 1. The molecule has 0 aliphatic carbocycles. The van der Waals surface area contributed by atoms with E-state index in [1.165, 1.54) is 0 Å². The van der Waals surface area contributed by atoms with E-state index in [1.54, 1.807) is 25.7 Å². The molecule has 1 aliphatic heterocycles. The second-order valence-electron chi connectivity index (χ2n) is 5.47. The molecule has 3 N–H and O–H groups in total. The maximum absolute atomic E-state index is 12.5. The number of nitrogens with zero attached hydrogens (tertiary/aromatic N) is 1. The average Bonchev–Trinajstić information content (AvgIpc) is 2.94. The lowest BCUT2D eigenvalue weighted by Gasteiger charge is -2.18. The number of aryl methyl sites for hydroxylation is 1. The highest BCUT2D eigenvalue weighted by atomic mass is 16.4. The SMILES string of the molecule is Cc1[nH]c(C(=O)O)c(C)c1C(=O)N1CCC(C(C)O)C1. The lowest BCUT2D eigenvalue weighted by molar-refractivity contribution is 0.0690. The van der Waals surface area contributed by atoms with Gasteiger partial charge >= 0.3 is 5.97 Å². The second kappa shape index (κ2) is 5.28. The van der Waals surface area contributed by atoms with E-state index in [0.717, 1.165) is 6.42 Å². The topological polar surface area (TPSA) is 93.6 Å². The monoisotopic (exact) mass is 280 g/mol. The lowest BCUT2D eigenvalue weighted by Crippen LogP contribution is -2.31. The van der Waals surface area contributed by atoms with Gasteiger partial charge in [-0.05, 0) is 32.8 Å². The molecule has 6 nitrogen and oxygen atoms in total. The van der Waals surface area contributed by atoms with Gasteiger partial charge in [0.1, 0.15) is 5.69 Å². The van der Waals surface area contributed by atoms with Crippen molar-refractivity contribution >= 4 is 11.9 Å². The Kier molecular flexibility index (Phi) is 3.85. The van der Waals surface area contributed by atoms with Crippen LogP contribution in [-0.2, 0) is 0 Å². The van der Waals surface area contributed by atoms with Crippen LogP contribution in [-0.4, -0.2) is 51.2 Å². The van der Waals surface area contributed by atoms with Crippen molar-refractivity contribution in [3.05, 3.63) is 22.5 Å². The summed E-state index contributed by atoms with van der Waals surface area (Å²) >= 11 is 0. The van der Waals surface area contributed by atoms with Crippen molar-refractivity contribution in [1.82, 2.24) is 9.88 Å². The number of aliphatic hydroxyl groups excluding tert-OH is 1. The molecule has 1 aromatic heterocycles. The number of nitrogens with one attached hydrogen (secondary N) is 1. The van der Waals surface area contributed by atoms with Crippen molar-refractivity contribution in [2.24, 2.45) is 5.92 Å². The van der Waals surface area contributed by atoms with E-state index in [2.05, 4.69) is 4.98 Å². The third kappa shape index (κ3) is 2.43. The van der Waals surface area contributed by atoms with Crippen LogP contribution in [0.2, 0.25) is 0 Å². The van der Waals surface area contributed by atoms with Gasteiger partial charge in [0.2, 0.25) is 0 Å². The van der Waals surface area contributed by atoms with Crippen LogP contribution in [0.5, 0.6) is 0 Å². The first-order chi connectivity index (χ1) is 9.32. The maximum atomic E-state index is 12.5. The quantitative estimate of drug-likeness (QED) is 0.774. The molecular weight excluding hydrogens is 260 g/mol. The Morgan fingerprint density at radius 3 is 2.50 bits per heavy atom. The first-order valence-corrected chi connectivity index (χ1v) is 6.72. The summed E-state index contributed by atoms with van der Waals surface area (Å²) in [5, 5.41) is 18.7. The highest BCUT2D eigenvalue weighted by Gasteiger charge is 2.32. The van der Waals surface area contributed by atoms with Crippen LogP contribution in [0.3, 0.4) is 0 Å². The summed E-state index contributed by atoms with van der Waals surface area (Å²) < 4.78 is 0. The number of aromatic carboxylic acids is 1. The van der Waals surface area contributed by atoms with Gasteiger partial charge in [0.25, 0.3) is 5.91 Å². The molecule has 20 heavy (non-hydrogen) atoms. The summed E-state index contributed by atoms with van der Waals surface area (Å²) in [5.41, 5.74) is 1.55. The Balaban J connectivity index is 2.25. The molecule has 1 amide bonds. The number of aliphatic hydroxyl groups is 1. The van der Waals surface area contributed by atoms with Gasteiger partial charge in [0, 0.05) is 24.7 Å². The average molecular weight is 280 g/mol. The minimum absolute atomic E-state index is 0.0668. The van der Waals surface area contributed by atoms with E-state index < -0.39 is 12.1 Å². The molecule has 1 aromatic rings. The first kappa shape index (κ1) is 14.6. The predicted octanol–water partition coefficient (Wildman–Crippen LogP) is 1.17. The van der Waals surface area contributed by atoms with Crippen molar-refractivity contribution in [2.75, 3.05) is 13.1 Å². The van der Waals surface area contributed by atoms with Crippen molar-refractivity contribution in [1.29, 1.82) is 0 Å². The van der Waals surface area contributed by atoms with Gasteiger partial charge in [-0.1, -0.05) is 0 Å². The molecular formula is C14H20N2O4. The van der Waals surface area contributed by atoms with Crippen LogP contribution < -0.4 is 0 Å². The molecule has 2 unspecified atom stereocenters. The number of carboxylic acids is 1. The predicted molar refractivity (Wildman–Crippen MR) is 72.9 cm³/mol. The number of aromatic amines is 1. The smallest absolute Gasteiger partial charge is 0.352 e. The van der Waals surface area contributed by atoms with E-state index in [4.69, 9.17) is 5.11 Å². The second-order valence-corrected chi connectivity index (χ2v) is 5.47. The van der Waals surface area contributed by atoms with Crippen molar-refractivity contribution in [3.8, 4) is 0 Å². The van der Waals surface area contributed by atoms with Gasteiger partial charge in [0.05, 0.1) is 11.7 Å². The highest BCUT2D eigenvalue weighted by Crippen LogP contribution is 2.25. The Morgan fingerprint density at radius 2 is 2.05 bits per heavy atom. The summed E-state index contributed by atoms with van der Waals surface area (Å²) in [6, 6.07) is 0. The molecule has 0 bridgehead atoms. The molecule has 1 saturated heterocycles. The van der Waals surface area contributed by atoms with Gasteiger partial charge in [-0.15, -0.1) is 0 Å². The molecule has 2 atom stereocenters. The zero-order valence-electron chi connectivity index (χ0n) is 11.9. The number of aromatic nitrogens is 1. The van der Waals surface area contributed by atoms with Gasteiger partial charge in [-0.3, -0.25) is 4.79 Å². The van der Waals surface area contributed by atoms with Crippen molar-refractivity contribution in [3.63, 3.8) is 0 Å². The van der Waals surface area contributed by atoms with Crippen LogP contribution in [0, 0.1) is 19.8 Å². The fourth-order valence-electron chi connectivity index (χ4n) is 2.81. The third-order valence-corrected chi connectivity index (χ3v) is 4.06. The molecule has 1 aliphatic rings. The molecule has 0 saturated carbocycles. The molecule has 6 heteroatoms. The highest BCUT2D eigenvalue weighted by molar-refractivity contribution is 6.00. The number of hydrogen-bond donors (Lipinski definition) is 3. The molecule has 0 aromatic carbocycles. The molecule has 2 rings (SSSR count). The minimum Gasteiger partial charge on any atom is -0.477 e. The Labute approximate surface area is 117 Å². The number of hydrogen-bond acceptors (Lipinski definition) is 3. The Bertz CT molecular complexity index is 548. The van der Waals surface area contributed by atoms with Gasteiger partial charge in [-0.25, -0.2) is 4.79 Å². The normalized spacial score (nSPS) is 20.2. The van der Waals surface area contributed by atoms with E-state index in [-0.39, 0.29) is 17.5 Å². The summed E-state index contributed by atoms with van der Waals surface area (Å²) in [4.78, 5) is 28.0. The molecule has 2 heterocycles. The third-order valence-electron chi connectivity index (χ3n) is 4.06. The summed E-state index contributed by atoms with van der Waals surface area (Å²) in [6.45, 7) is 6.19. The van der Waals surface area contributed by atoms with Crippen LogP contribution in [0.25, 0.3) is 0 Å². The van der Waals surface area contributed by atoms with E-state index in [9.17, 15) is 14.7 Å². The van der Waals surface area contributed by atoms with Gasteiger partial charge < -0.3 is 20.1 Å². The fraction of sp³-hybridized carbons (Fsp3) is 0.571. The number of H-pyrrole nitrogens is 1. The van der Waals surface area contributed by atoms with Crippen molar-refractivity contribution < 1.29 is 19.8 Å². The standard InChI is InChI=1S/C14H20N2O4/c1-7-11(8(2)15-12(7)14(19)20)13(18)16-5-4-10(6-16)9(3)17/h9-10,15,17H,4-6H2,1-3H3,(H,19,20). The van der Waals surface area contributed by atoms with Crippen LogP contribution >= 0.6 is 0 Å². The summed E-state index contributed by atoms with van der Waals surface area (Å²) in [5.74, 6) is -1.13. The van der Waals surface area contributed by atoms with E-state index in [0.29, 0.717) is 29.9 Å². The van der Waals surface area contributed by atoms with E-state index >= 15 is 0 Å². The van der Waals surface area contributed by atoms with Gasteiger partial charge in [-0.2, -0.15) is 0 Å². The molecule has 1 fully saturated rings. The van der Waals surface area contributed by atoms with Crippen molar-refractivity contribution in [2.45, 2.75) is 33.3 Å². The van der Waals surface area contributed by atoms with Crippen LogP contribution in [0.15, 0.2) is 0 Å². The Morgan fingerprint density at radius 1 is 1.40 bits per heavy atom. The molecule has 0 radical (unpaired) electrons. The van der Waals surface area contributed by atoms with Crippen LogP contribution in [0.4, 0.5) is 0 Å². The van der Waals surface area contributed by atoms with E-state index in [1.807, 2.05) is 0 Å². The lowest BCUT2D eigenvalue weighted by atomic mass is 10.0. The number of carbonyl (C=O) groups excluding carboxylic acids is 1.